The minimum Gasteiger partial charge on any atom is -0.507 e. The van der Waals surface area contributed by atoms with Crippen molar-refractivity contribution in [3.63, 3.8) is 0 Å². The number of likely N-dealkylation sites (tertiary alicyclic amines) is 2. The van der Waals surface area contributed by atoms with Crippen molar-refractivity contribution >= 4 is 34.2 Å². The number of carbonyl (C=O) groups is 2. The van der Waals surface area contributed by atoms with E-state index in [1.54, 1.807) is 29.5 Å². The molecule has 2 aromatic carbocycles. The van der Waals surface area contributed by atoms with E-state index in [2.05, 4.69) is 41.6 Å². The van der Waals surface area contributed by atoms with Gasteiger partial charge < -0.3 is 34.7 Å². The molecule has 2 aliphatic rings. The molecule has 2 amide bonds. The number of fused-ring (bicyclic) bond motifs is 1. The number of hydrogen-bond donors (Lipinski definition) is 4. The van der Waals surface area contributed by atoms with E-state index in [4.69, 9.17) is 9.26 Å². The van der Waals surface area contributed by atoms with Gasteiger partial charge in [-0.25, -0.2) is 4.98 Å². The second-order valence-corrected chi connectivity index (χ2v) is 16.5. The minimum atomic E-state index is -0.832. The lowest BCUT2D eigenvalue weighted by Crippen LogP contribution is -2.48. The predicted molar refractivity (Wildman–Crippen MR) is 219 cm³/mol. The van der Waals surface area contributed by atoms with Crippen LogP contribution < -0.4 is 10.1 Å². The van der Waals surface area contributed by atoms with Crippen molar-refractivity contribution in [1.29, 1.82) is 0 Å². The van der Waals surface area contributed by atoms with Gasteiger partial charge >= 0.3 is 0 Å². The van der Waals surface area contributed by atoms with Gasteiger partial charge in [0.15, 0.2) is 11.4 Å². The first kappa shape index (κ1) is 39.2. The molecule has 302 valence electrons. The van der Waals surface area contributed by atoms with Crippen LogP contribution in [0.15, 0.2) is 76.8 Å². The van der Waals surface area contributed by atoms with Gasteiger partial charge in [0.2, 0.25) is 11.8 Å². The molecular weight excluding hydrogens is 757 g/mol. The summed E-state index contributed by atoms with van der Waals surface area (Å²) in [5.74, 6) is -0.750. The molecule has 0 spiro atoms. The number of aryl methyl sites for hydroxylation is 1. The summed E-state index contributed by atoms with van der Waals surface area (Å²) < 4.78 is 11.8. The number of nitrogens with zero attached hydrogens (tertiary/aromatic N) is 6. The zero-order chi connectivity index (χ0) is 40.5. The Morgan fingerprint density at radius 3 is 2.66 bits per heavy atom. The van der Waals surface area contributed by atoms with Crippen LogP contribution in [0, 0.1) is 12.8 Å². The third-order valence-corrected chi connectivity index (χ3v) is 12.3. The third kappa shape index (κ3) is 8.06. The zero-order valence-electron chi connectivity index (χ0n) is 33.0. The van der Waals surface area contributed by atoms with E-state index in [1.165, 1.54) is 4.90 Å². The van der Waals surface area contributed by atoms with Gasteiger partial charge in [-0.15, -0.1) is 21.5 Å². The molecule has 14 nitrogen and oxygen atoms in total. The lowest BCUT2D eigenvalue weighted by molar-refractivity contribution is -0.141. The highest BCUT2D eigenvalue weighted by Crippen LogP contribution is 2.36. The molecule has 0 saturated carbocycles. The zero-order valence-corrected chi connectivity index (χ0v) is 33.8. The van der Waals surface area contributed by atoms with Crippen LogP contribution in [-0.2, 0) is 9.59 Å². The second-order valence-electron chi connectivity index (χ2n) is 15.6. The van der Waals surface area contributed by atoms with Gasteiger partial charge in [0.05, 0.1) is 40.0 Å². The Labute approximate surface area is 340 Å². The number of aliphatic hydroxyl groups is 1. The van der Waals surface area contributed by atoms with Gasteiger partial charge in [0.1, 0.15) is 24.3 Å². The van der Waals surface area contributed by atoms with Gasteiger partial charge in [0, 0.05) is 42.2 Å². The Kier molecular flexibility index (Phi) is 11.3. The summed E-state index contributed by atoms with van der Waals surface area (Å²) in [6.45, 7) is 9.67. The fraction of sp³-hybridized carbons (Fsp3) is 0.395. The fourth-order valence-electron chi connectivity index (χ4n) is 8.27. The summed E-state index contributed by atoms with van der Waals surface area (Å²) >= 11 is 1.59. The molecule has 6 heterocycles. The molecule has 0 bridgehead atoms. The number of phenolic OH excluding ortho intramolecular Hbond substituents is 1. The van der Waals surface area contributed by atoms with E-state index in [9.17, 15) is 19.8 Å². The summed E-state index contributed by atoms with van der Waals surface area (Å²) in [7, 11) is 0. The summed E-state index contributed by atoms with van der Waals surface area (Å²) in [5, 5.41) is 37.9. The molecule has 8 rings (SSSR count). The largest absolute Gasteiger partial charge is 0.507 e. The molecule has 4 aromatic heterocycles. The Bertz CT molecular complexity index is 2390. The molecule has 0 aliphatic carbocycles. The highest BCUT2D eigenvalue weighted by Gasteiger charge is 2.43. The number of aromatic nitrogens is 5. The van der Waals surface area contributed by atoms with Crippen molar-refractivity contribution in [2.45, 2.75) is 77.1 Å². The monoisotopic (exact) mass is 804 g/mol. The van der Waals surface area contributed by atoms with E-state index in [0.29, 0.717) is 35.8 Å². The van der Waals surface area contributed by atoms with Crippen LogP contribution in [0.5, 0.6) is 11.6 Å². The summed E-state index contributed by atoms with van der Waals surface area (Å²) in [5.41, 5.74) is 7.78. The summed E-state index contributed by atoms with van der Waals surface area (Å²) in [6, 6.07) is 19.8. The number of benzene rings is 2. The predicted octanol–water partition coefficient (Wildman–Crippen LogP) is 6.55. The number of nitrogens with one attached hydrogen (secondary N) is 2. The van der Waals surface area contributed by atoms with Gasteiger partial charge in [-0.1, -0.05) is 50.2 Å². The van der Waals surface area contributed by atoms with E-state index < -0.39 is 18.1 Å². The fourth-order valence-corrected chi connectivity index (χ4v) is 9.08. The highest BCUT2D eigenvalue weighted by molar-refractivity contribution is 7.13. The standard InChI is InChI=1S/C43H48N8O6S/c1-24(2)39(43(55)51-22-30(52)20-35(51)42(54)45-25(3)27-11-13-28(14-12-27)40-26(4)44-23-58-40)37-21-38(49-57-37)56-17-16-50-15-7-9-34(50)33-19-29-18-32(47-48-41(29)46-33)31-8-5-6-10-36(31)53/h5-6,8,10-14,18-19,21,23-25,30,34-35,39,52-53H,7,9,15-17,20,22H2,1-4H3,(H,45,54)(H,46,48)/t25-,30+,34-,35-,39+/m0/s1. The Hall–Kier alpha value is -5.64. The smallest absolute Gasteiger partial charge is 0.254 e. The van der Waals surface area contributed by atoms with Crippen molar-refractivity contribution in [2.75, 3.05) is 26.2 Å². The molecule has 6 aromatic rings. The van der Waals surface area contributed by atoms with Crippen molar-refractivity contribution in [2.24, 2.45) is 5.92 Å². The van der Waals surface area contributed by atoms with E-state index in [1.807, 2.05) is 75.7 Å². The van der Waals surface area contributed by atoms with E-state index in [0.717, 1.165) is 52.2 Å². The van der Waals surface area contributed by atoms with Crippen molar-refractivity contribution in [1.82, 2.24) is 40.4 Å². The number of hydrogen-bond acceptors (Lipinski definition) is 12. The molecule has 2 aliphatic heterocycles. The average molecular weight is 805 g/mol. The third-order valence-electron chi connectivity index (χ3n) is 11.3. The van der Waals surface area contributed by atoms with E-state index in [-0.39, 0.29) is 54.4 Å². The SMILES string of the molecule is Cc1ncsc1-c1ccc([C@H](C)NC(=O)[C@@H]2C[C@@H](O)CN2C(=O)[C@@H](c2cc(OCCN3CCC[C@H]3c3cc4cc(-c5ccccc5O)nnc4[nH]3)no2)C(C)C)cc1. The number of phenols is 1. The molecule has 0 radical (unpaired) electrons. The van der Waals surface area contributed by atoms with E-state index >= 15 is 0 Å². The van der Waals surface area contributed by atoms with Crippen LogP contribution in [0.3, 0.4) is 0 Å². The molecule has 4 N–H and O–H groups in total. The second kappa shape index (κ2) is 16.7. The molecule has 5 atom stereocenters. The van der Waals surface area contributed by atoms with Gasteiger partial charge in [0.25, 0.3) is 5.88 Å². The lowest BCUT2D eigenvalue weighted by Gasteiger charge is -2.29. The number of aliphatic hydroxyl groups excluding tert-OH is 1. The van der Waals surface area contributed by atoms with Crippen LogP contribution in [0.25, 0.3) is 32.7 Å². The number of amides is 2. The average Bonchev–Trinajstić information content (AvgIpc) is 4.06. The lowest BCUT2D eigenvalue weighted by atomic mass is 9.91. The topological polar surface area (TPSA) is 183 Å². The molecule has 2 fully saturated rings. The first-order valence-corrected chi connectivity index (χ1v) is 20.7. The van der Waals surface area contributed by atoms with Gasteiger partial charge in [-0.3, -0.25) is 14.5 Å². The minimum absolute atomic E-state index is 0.0483. The number of β-amino-alcohol motifs (C(OH)–C–C–N with tert-alkyl or cyclic N) is 1. The summed E-state index contributed by atoms with van der Waals surface area (Å²) in [6.07, 6.45) is 1.33. The Morgan fingerprint density at radius 1 is 1.09 bits per heavy atom. The van der Waals surface area contributed by atoms with Gasteiger partial charge in [-0.2, -0.15) is 0 Å². The number of rotatable bonds is 13. The van der Waals surface area contributed by atoms with Crippen molar-refractivity contribution in [3.05, 3.63) is 95.0 Å². The first-order chi connectivity index (χ1) is 28.0. The van der Waals surface area contributed by atoms with Crippen LogP contribution in [0.1, 0.15) is 80.7 Å². The molecular formula is C43H48N8O6S. The number of H-pyrrole nitrogens is 1. The molecule has 0 unspecified atom stereocenters. The quantitative estimate of drug-likeness (QED) is 0.0994. The highest BCUT2D eigenvalue weighted by atomic mass is 32.1. The summed E-state index contributed by atoms with van der Waals surface area (Å²) in [4.78, 5) is 40.6. The normalized spacial score (nSPS) is 19.6. The molecule has 15 heteroatoms. The number of carbonyl (C=O) groups excluding carboxylic acids is 2. The first-order valence-electron chi connectivity index (χ1n) is 19.8. The van der Waals surface area contributed by atoms with Crippen molar-refractivity contribution in [3.8, 4) is 33.3 Å². The number of para-hydroxylation sites is 1. The molecule has 58 heavy (non-hydrogen) atoms. The maximum atomic E-state index is 14.2. The Balaban J connectivity index is 0.882. The molecule has 2 saturated heterocycles. The van der Waals surface area contributed by atoms with Crippen LogP contribution in [0.2, 0.25) is 0 Å². The van der Waals surface area contributed by atoms with Gasteiger partial charge in [-0.05, 0) is 79.7 Å². The van der Waals surface area contributed by atoms with Crippen LogP contribution >= 0.6 is 11.3 Å². The number of thiazole rings is 1. The number of aromatic hydroxyl groups is 1. The van der Waals surface area contributed by atoms with Crippen LogP contribution in [-0.4, -0.2) is 95.5 Å². The van der Waals surface area contributed by atoms with Crippen LogP contribution in [0.4, 0.5) is 0 Å². The maximum Gasteiger partial charge on any atom is 0.254 e. The maximum absolute atomic E-state index is 14.2. The number of ether oxygens (including phenoxy) is 1. The Morgan fingerprint density at radius 2 is 1.90 bits per heavy atom. The number of aromatic amines is 1. The van der Waals surface area contributed by atoms with Crippen molar-refractivity contribution < 1.29 is 29.1 Å².